The summed E-state index contributed by atoms with van der Waals surface area (Å²) in [5.74, 6) is 2.90. The Kier molecular flexibility index (Phi) is 15.6. The van der Waals surface area contributed by atoms with Crippen molar-refractivity contribution in [1.82, 2.24) is 31.1 Å². The minimum absolute atomic E-state index is 0.0263. The van der Waals surface area contributed by atoms with Crippen LogP contribution in [0.4, 0.5) is 0 Å². The Balaban J connectivity index is 0.000000177. The fraction of sp³-hybridized carbons (Fsp3) is 0.660. The number of fused-ring (bicyclic) bond motifs is 1. The molecule has 354 valence electrons. The summed E-state index contributed by atoms with van der Waals surface area (Å²) in [6.45, 7) is 0.828. The number of nitrogens with one attached hydrogen (secondary N) is 4. The van der Waals surface area contributed by atoms with E-state index in [1.54, 1.807) is 0 Å². The molecule has 2 aromatic heterocycles. The minimum atomic E-state index is 0.0263. The van der Waals surface area contributed by atoms with Gasteiger partial charge in [0.05, 0.1) is 17.1 Å². The summed E-state index contributed by atoms with van der Waals surface area (Å²) in [5.41, 5.74) is 3.11. The van der Waals surface area contributed by atoms with E-state index < -0.39 is 0 Å². The quantitative estimate of drug-likeness (QED) is 0.114. The van der Waals surface area contributed by atoms with E-state index in [4.69, 9.17) is 0 Å². The van der Waals surface area contributed by atoms with Crippen LogP contribution in [0.5, 0.6) is 0 Å². The zero-order valence-electron chi connectivity index (χ0n) is 39.6. The molecule has 4 amide bonds. The van der Waals surface area contributed by atoms with Crippen molar-refractivity contribution < 1.29 is 19.2 Å². The number of carbonyl (C=O) groups excluding carboxylic acids is 4. The molecule has 0 aliphatic heterocycles. The zero-order chi connectivity index (χ0) is 45.6. The molecule has 6 saturated carbocycles. The van der Waals surface area contributed by atoms with Gasteiger partial charge in [0.2, 0.25) is 23.6 Å². The third-order valence-corrected chi connectivity index (χ3v) is 18.8. The van der Waals surface area contributed by atoms with Crippen LogP contribution >= 0.6 is 22.7 Å². The van der Waals surface area contributed by atoms with Crippen LogP contribution in [-0.2, 0) is 36.7 Å². The fourth-order valence-electron chi connectivity index (χ4n) is 13.5. The Morgan fingerprint density at radius 2 is 1.06 bits per heavy atom. The molecule has 1 atom stereocenters. The highest BCUT2D eigenvalue weighted by Crippen LogP contribution is 2.59. The van der Waals surface area contributed by atoms with Gasteiger partial charge in [-0.3, -0.25) is 29.0 Å². The average molecular weight is 925 g/mol. The first kappa shape index (κ1) is 47.9. The maximum atomic E-state index is 12.6. The van der Waals surface area contributed by atoms with Gasteiger partial charge in [-0.2, -0.15) is 0 Å². The Labute approximate surface area is 396 Å². The van der Waals surface area contributed by atoms with Crippen LogP contribution in [0.1, 0.15) is 155 Å². The molecule has 1 aromatic carbocycles. The van der Waals surface area contributed by atoms with E-state index in [0.717, 1.165) is 88.5 Å². The molecule has 4 bridgehead atoms. The molecular weight excluding hydrogens is 849 g/mol. The Bertz CT molecular complexity index is 2010. The fourth-order valence-corrected chi connectivity index (χ4v) is 15.6. The van der Waals surface area contributed by atoms with Crippen LogP contribution in [0.2, 0.25) is 0 Å². The van der Waals surface area contributed by atoms with Crippen LogP contribution in [0.3, 0.4) is 0 Å². The molecule has 7 aliphatic carbocycles. The van der Waals surface area contributed by atoms with Gasteiger partial charge in [0.25, 0.3) is 0 Å². The first-order valence-electron chi connectivity index (χ1n) is 25.0. The molecule has 6 fully saturated rings. The summed E-state index contributed by atoms with van der Waals surface area (Å²) in [7, 11) is 8.66. The molecule has 10 rings (SSSR count). The zero-order valence-corrected chi connectivity index (χ0v) is 41.3. The van der Waals surface area contributed by atoms with Crippen LogP contribution < -0.4 is 21.3 Å². The maximum Gasteiger partial charge on any atom is 0.220 e. The summed E-state index contributed by atoms with van der Waals surface area (Å²) in [6.07, 6.45) is 20.4. The molecule has 12 heteroatoms. The standard InChI is InChI=1S/C27H41N3O2S.C26H35N3O2S/c1-30(2)27(23-4-3-11-33-23)9-7-22(8-10-27)29-25(32)6-5-24(31)28-18-26-15-19-12-20(16-26)14-21(13-19)17-26;1-29(2)26(23-9-6-18-32-23)16-14-20(15-17-26)27-24(30)10-5-11-25(31)28-22-13-12-19-7-3-4-8-21(19)22/h3-4,11,19-22H,5-10,12-18H2,1-2H3,(H,28,31)(H,29,32);3-4,6-9,18,20,22H,5,10-17H2,1-2H3,(H,27,30)(H,28,31). The van der Waals surface area contributed by atoms with Crippen molar-refractivity contribution in [2.75, 3.05) is 34.7 Å². The molecule has 7 aliphatic rings. The van der Waals surface area contributed by atoms with Crippen molar-refractivity contribution in [2.45, 2.75) is 164 Å². The van der Waals surface area contributed by atoms with Crippen molar-refractivity contribution in [2.24, 2.45) is 23.2 Å². The van der Waals surface area contributed by atoms with Gasteiger partial charge in [0, 0.05) is 54.1 Å². The van der Waals surface area contributed by atoms with Gasteiger partial charge in [-0.15, -0.1) is 22.7 Å². The van der Waals surface area contributed by atoms with Crippen LogP contribution in [0.25, 0.3) is 0 Å². The summed E-state index contributed by atoms with van der Waals surface area (Å²) in [4.78, 5) is 57.5. The lowest BCUT2D eigenvalue weighted by Gasteiger charge is -2.56. The van der Waals surface area contributed by atoms with E-state index >= 15 is 0 Å². The normalized spacial score (nSPS) is 31.2. The van der Waals surface area contributed by atoms with E-state index in [1.807, 2.05) is 28.7 Å². The van der Waals surface area contributed by atoms with Gasteiger partial charge < -0.3 is 21.3 Å². The second kappa shape index (κ2) is 21.2. The van der Waals surface area contributed by atoms with E-state index in [1.165, 1.54) is 59.4 Å². The van der Waals surface area contributed by atoms with Gasteiger partial charge in [0.15, 0.2) is 0 Å². The highest BCUT2D eigenvalue weighted by atomic mass is 32.1. The Hall–Kier alpha value is -3.58. The van der Waals surface area contributed by atoms with Crippen LogP contribution in [0, 0.1) is 23.2 Å². The van der Waals surface area contributed by atoms with E-state index in [0.29, 0.717) is 37.5 Å². The Morgan fingerprint density at radius 3 is 1.55 bits per heavy atom. The summed E-state index contributed by atoms with van der Waals surface area (Å²) in [6, 6.07) is 17.6. The lowest BCUT2D eigenvalue weighted by molar-refractivity contribution is -0.128. The second-order valence-corrected chi connectivity index (χ2v) is 23.3. The predicted molar refractivity (Wildman–Crippen MR) is 263 cm³/mol. The second-order valence-electron chi connectivity index (χ2n) is 21.4. The topological polar surface area (TPSA) is 123 Å². The molecule has 10 nitrogen and oxygen atoms in total. The summed E-state index contributed by atoms with van der Waals surface area (Å²) in [5, 5.41) is 17.1. The monoisotopic (exact) mass is 925 g/mol. The molecular formula is C53H76N6O4S2. The maximum absolute atomic E-state index is 12.6. The molecule has 65 heavy (non-hydrogen) atoms. The van der Waals surface area contributed by atoms with Crippen molar-refractivity contribution in [1.29, 1.82) is 0 Å². The predicted octanol–water partition coefficient (Wildman–Crippen LogP) is 9.21. The van der Waals surface area contributed by atoms with Crippen LogP contribution in [0.15, 0.2) is 59.3 Å². The van der Waals surface area contributed by atoms with E-state index in [2.05, 4.69) is 112 Å². The van der Waals surface area contributed by atoms with Crippen LogP contribution in [-0.4, -0.2) is 80.2 Å². The summed E-state index contributed by atoms with van der Waals surface area (Å²) < 4.78 is 0. The molecule has 0 saturated heterocycles. The van der Waals surface area contributed by atoms with Crippen molar-refractivity contribution in [3.63, 3.8) is 0 Å². The lowest BCUT2D eigenvalue weighted by atomic mass is 9.49. The number of nitrogens with zero attached hydrogens (tertiary/aromatic N) is 2. The molecule has 1 unspecified atom stereocenters. The molecule has 2 heterocycles. The van der Waals surface area contributed by atoms with E-state index in [-0.39, 0.29) is 52.8 Å². The molecule has 0 spiro atoms. The largest absolute Gasteiger partial charge is 0.356 e. The number of benzene rings is 1. The molecule has 3 aromatic rings. The van der Waals surface area contributed by atoms with Crippen molar-refractivity contribution in [3.05, 3.63) is 80.2 Å². The highest BCUT2D eigenvalue weighted by molar-refractivity contribution is 7.10. The number of hydrogen-bond donors (Lipinski definition) is 4. The third-order valence-electron chi connectivity index (χ3n) is 16.7. The first-order valence-corrected chi connectivity index (χ1v) is 26.7. The number of thiophene rings is 2. The number of hydrogen-bond acceptors (Lipinski definition) is 8. The number of carbonyl (C=O) groups is 4. The third kappa shape index (κ3) is 11.4. The lowest BCUT2D eigenvalue weighted by Crippen LogP contribution is -2.51. The van der Waals surface area contributed by atoms with Crippen molar-refractivity contribution >= 4 is 46.3 Å². The minimum Gasteiger partial charge on any atom is -0.356 e. The van der Waals surface area contributed by atoms with Gasteiger partial charge in [-0.05, 0) is 195 Å². The van der Waals surface area contributed by atoms with Gasteiger partial charge >= 0.3 is 0 Å². The SMILES string of the molecule is CN(C)C1(c2cccs2)CCC(NC(=O)CCC(=O)NCC23CC4CC(CC(C4)C2)C3)CC1.CN(C)C1(c2cccs2)CCC(NC(=O)CCCC(=O)NC2CCc3ccccc32)CC1. The van der Waals surface area contributed by atoms with Gasteiger partial charge in [0.1, 0.15) is 0 Å². The molecule has 4 N–H and O–H groups in total. The number of amides is 4. The summed E-state index contributed by atoms with van der Waals surface area (Å²) >= 11 is 3.66. The van der Waals surface area contributed by atoms with Gasteiger partial charge in [-0.1, -0.05) is 36.4 Å². The highest BCUT2D eigenvalue weighted by Gasteiger charge is 2.51. The first-order chi connectivity index (χ1) is 31.3. The molecule has 0 radical (unpaired) electrons. The smallest absolute Gasteiger partial charge is 0.220 e. The van der Waals surface area contributed by atoms with Gasteiger partial charge in [-0.25, -0.2) is 0 Å². The van der Waals surface area contributed by atoms with E-state index in [9.17, 15) is 19.2 Å². The number of rotatable bonds is 16. The number of aryl methyl sites for hydroxylation is 1. The Morgan fingerprint density at radius 1 is 0.585 bits per heavy atom. The average Bonchev–Trinajstić information content (AvgIpc) is 4.10. The van der Waals surface area contributed by atoms with Crippen molar-refractivity contribution in [3.8, 4) is 0 Å².